The molecule has 1 heterocycles. The van der Waals surface area contributed by atoms with Crippen LogP contribution in [0.1, 0.15) is 5.89 Å². The summed E-state index contributed by atoms with van der Waals surface area (Å²) >= 11 is 1.21. The SMILES string of the molecule is COc1ccccc1-c1noc(CSCC(=O)O)n1. The maximum absolute atomic E-state index is 10.4. The summed E-state index contributed by atoms with van der Waals surface area (Å²) < 4.78 is 10.3. The number of carboxylic acids is 1. The third kappa shape index (κ3) is 3.47. The van der Waals surface area contributed by atoms with Crippen LogP contribution in [0.5, 0.6) is 5.75 Å². The van der Waals surface area contributed by atoms with Crippen LogP contribution in [-0.4, -0.2) is 34.1 Å². The number of aliphatic carboxylic acids is 1. The molecule has 7 heteroatoms. The molecule has 19 heavy (non-hydrogen) atoms. The maximum Gasteiger partial charge on any atom is 0.313 e. The minimum atomic E-state index is -0.866. The van der Waals surface area contributed by atoms with Crippen molar-refractivity contribution in [3.8, 4) is 17.1 Å². The standard InChI is InChI=1S/C12H12N2O4S/c1-17-9-5-3-2-4-8(9)12-13-10(18-14-12)6-19-7-11(15)16/h2-5H,6-7H2,1H3,(H,15,16). The van der Waals surface area contributed by atoms with Crippen molar-refractivity contribution < 1.29 is 19.2 Å². The number of para-hydroxylation sites is 1. The van der Waals surface area contributed by atoms with Crippen molar-refractivity contribution >= 4 is 17.7 Å². The summed E-state index contributed by atoms with van der Waals surface area (Å²) in [5.74, 6) is 0.999. The number of nitrogens with zero attached hydrogens (tertiary/aromatic N) is 2. The first-order valence-corrected chi connectivity index (χ1v) is 6.61. The van der Waals surface area contributed by atoms with Crippen LogP contribution in [-0.2, 0) is 10.5 Å². The number of carboxylic acid groups (broad SMARTS) is 1. The zero-order valence-electron chi connectivity index (χ0n) is 10.2. The molecule has 0 radical (unpaired) electrons. The Labute approximate surface area is 113 Å². The lowest BCUT2D eigenvalue weighted by molar-refractivity contribution is -0.133. The second-order valence-electron chi connectivity index (χ2n) is 3.60. The van der Waals surface area contributed by atoms with E-state index in [9.17, 15) is 4.79 Å². The molecule has 100 valence electrons. The summed E-state index contributed by atoms with van der Waals surface area (Å²) in [6, 6.07) is 7.35. The van der Waals surface area contributed by atoms with Crippen LogP contribution in [0.15, 0.2) is 28.8 Å². The Kier molecular flexibility index (Phi) is 4.40. The zero-order chi connectivity index (χ0) is 13.7. The van der Waals surface area contributed by atoms with Crippen molar-refractivity contribution in [2.24, 2.45) is 0 Å². The Morgan fingerprint density at radius 1 is 1.47 bits per heavy atom. The van der Waals surface area contributed by atoms with Gasteiger partial charge in [-0.2, -0.15) is 4.98 Å². The monoisotopic (exact) mass is 280 g/mol. The first-order valence-electron chi connectivity index (χ1n) is 5.46. The number of thioether (sulfide) groups is 1. The summed E-state index contributed by atoms with van der Waals surface area (Å²) in [6.07, 6.45) is 0. The zero-order valence-corrected chi connectivity index (χ0v) is 11.0. The molecule has 0 saturated carbocycles. The molecule has 6 nitrogen and oxygen atoms in total. The number of ether oxygens (including phenoxy) is 1. The van der Waals surface area contributed by atoms with Crippen molar-refractivity contribution in [3.63, 3.8) is 0 Å². The van der Waals surface area contributed by atoms with Crippen LogP contribution in [0.3, 0.4) is 0 Å². The van der Waals surface area contributed by atoms with Crippen LogP contribution in [0.25, 0.3) is 11.4 Å². The third-order valence-electron chi connectivity index (χ3n) is 2.27. The molecule has 2 rings (SSSR count). The Bertz CT molecular complexity index is 570. The minimum absolute atomic E-state index is 0.00632. The smallest absolute Gasteiger partial charge is 0.313 e. The highest BCUT2D eigenvalue weighted by Gasteiger charge is 2.12. The van der Waals surface area contributed by atoms with Crippen LogP contribution in [0.4, 0.5) is 0 Å². The highest BCUT2D eigenvalue weighted by molar-refractivity contribution is 7.99. The lowest BCUT2D eigenvalue weighted by atomic mass is 10.2. The van der Waals surface area contributed by atoms with E-state index in [1.54, 1.807) is 7.11 Å². The average Bonchev–Trinajstić information content (AvgIpc) is 2.87. The predicted octanol–water partition coefficient (Wildman–Crippen LogP) is 2.06. The van der Waals surface area contributed by atoms with Crippen molar-refractivity contribution in [2.45, 2.75) is 5.75 Å². The van der Waals surface area contributed by atoms with E-state index in [0.29, 0.717) is 23.2 Å². The summed E-state index contributed by atoms with van der Waals surface area (Å²) in [7, 11) is 1.57. The molecule has 0 aliphatic carbocycles. The van der Waals surface area contributed by atoms with Crippen LogP contribution >= 0.6 is 11.8 Å². The molecule has 2 aromatic rings. The van der Waals surface area contributed by atoms with E-state index >= 15 is 0 Å². The van der Waals surface area contributed by atoms with Gasteiger partial charge in [0, 0.05) is 0 Å². The quantitative estimate of drug-likeness (QED) is 0.866. The van der Waals surface area contributed by atoms with Crippen LogP contribution < -0.4 is 4.74 Å². The molecule has 0 aliphatic heterocycles. The number of benzene rings is 1. The molecule has 0 saturated heterocycles. The lowest BCUT2D eigenvalue weighted by Gasteiger charge is -2.02. The molecule has 0 unspecified atom stereocenters. The van der Waals surface area contributed by atoms with Gasteiger partial charge in [0.15, 0.2) is 0 Å². The van der Waals surface area contributed by atoms with Gasteiger partial charge in [0.05, 0.1) is 24.2 Å². The van der Waals surface area contributed by atoms with E-state index in [1.165, 1.54) is 11.8 Å². The van der Waals surface area contributed by atoms with E-state index in [4.69, 9.17) is 14.4 Å². The summed E-state index contributed by atoms with van der Waals surface area (Å²) in [5.41, 5.74) is 0.739. The minimum Gasteiger partial charge on any atom is -0.496 e. The molecule has 1 N–H and O–H groups in total. The third-order valence-corrected chi connectivity index (χ3v) is 3.17. The number of aromatic nitrogens is 2. The average molecular weight is 280 g/mol. The molecular formula is C12H12N2O4S. The highest BCUT2D eigenvalue weighted by Crippen LogP contribution is 2.27. The van der Waals surface area contributed by atoms with Crippen LogP contribution in [0.2, 0.25) is 0 Å². The van der Waals surface area contributed by atoms with E-state index in [2.05, 4.69) is 10.1 Å². The summed E-state index contributed by atoms with van der Waals surface area (Å²) in [5, 5.41) is 12.4. The van der Waals surface area contributed by atoms with Gasteiger partial charge >= 0.3 is 5.97 Å². The number of methoxy groups -OCH3 is 1. The molecular weight excluding hydrogens is 268 g/mol. The van der Waals surface area contributed by atoms with E-state index in [-0.39, 0.29) is 5.75 Å². The summed E-state index contributed by atoms with van der Waals surface area (Å²) in [6.45, 7) is 0. The van der Waals surface area contributed by atoms with E-state index in [0.717, 1.165) is 5.56 Å². The van der Waals surface area contributed by atoms with Crippen molar-refractivity contribution in [1.82, 2.24) is 10.1 Å². The Morgan fingerprint density at radius 3 is 3.00 bits per heavy atom. The molecule has 1 aromatic heterocycles. The van der Waals surface area contributed by atoms with Gasteiger partial charge in [-0.15, -0.1) is 11.8 Å². The largest absolute Gasteiger partial charge is 0.496 e. The predicted molar refractivity (Wildman–Crippen MR) is 70.1 cm³/mol. The summed E-state index contributed by atoms with van der Waals surface area (Å²) in [4.78, 5) is 14.6. The van der Waals surface area contributed by atoms with Gasteiger partial charge in [0.25, 0.3) is 0 Å². The Balaban J connectivity index is 2.10. The van der Waals surface area contributed by atoms with Crippen LogP contribution in [0, 0.1) is 0 Å². The fourth-order valence-corrected chi connectivity index (χ4v) is 2.05. The molecule has 1 aromatic carbocycles. The number of hydrogen-bond acceptors (Lipinski definition) is 6. The second-order valence-corrected chi connectivity index (χ2v) is 4.58. The first-order chi connectivity index (χ1) is 9.20. The van der Waals surface area contributed by atoms with Gasteiger partial charge in [-0.05, 0) is 12.1 Å². The molecule has 0 spiro atoms. The fraction of sp³-hybridized carbons (Fsp3) is 0.250. The Hall–Kier alpha value is -2.02. The maximum atomic E-state index is 10.4. The number of rotatable bonds is 6. The normalized spacial score (nSPS) is 10.4. The fourth-order valence-electron chi connectivity index (χ4n) is 1.48. The first kappa shape index (κ1) is 13.4. The molecule has 0 fully saturated rings. The molecule has 0 bridgehead atoms. The highest BCUT2D eigenvalue weighted by atomic mass is 32.2. The van der Waals surface area contributed by atoms with E-state index < -0.39 is 5.97 Å². The van der Waals surface area contributed by atoms with Gasteiger partial charge in [-0.25, -0.2) is 0 Å². The number of carbonyl (C=O) groups is 1. The van der Waals surface area contributed by atoms with Gasteiger partial charge in [-0.3, -0.25) is 4.79 Å². The van der Waals surface area contributed by atoms with Crippen molar-refractivity contribution in [3.05, 3.63) is 30.2 Å². The molecule has 0 amide bonds. The topological polar surface area (TPSA) is 85.5 Å². The van der Waals surface area contributed by atoms with Gasteiger partial charge in [-0.1, -0.05) is 17.3 Å². The van der Waals surface area contributed by atoms with Crippen molar-refractivity contribution in [2.75, 3.05) is 12.9 Å². The van der Waals surface area contributed by atoms with Gasteiger partial charge < -0.3 is 14.4 Å². The number of hydrogen-bond donors (Lipinski definition) is 1. The van der Waals surface area contributed by atoms with E-state index in [1.807, 2.05) is 24.3 Å². The van der Waals surface area contributed by atoms with Gasteiger partial charge in [0.2, 0.25) is 11.7 Å². The molecule has 0 atom stereocenters. The van der Waals surface area contributed by atoms with Crippen molar-refractivity contribution in [1.29, 1.82) is 0 Å². The second kappa shape index (κ2) is 6.24. The lowest BCUT2D eigenvalue weighted by Crippen LogP contribution is -1.98. The Morgan fingerprint density at radius 2 is 2.26 bits per heavy atom. The molecule has 0 aliphatic rings. The van der Waals surface area contributed by atoms with Gasteiger partial charge in [0.1, 0.15) is 5.75 Å².